The number of carbonyl (C=O) groups is 1. The molecular formula is C15H15FN4O. The van der Waals surface area contributed by atoms with Gasteiger partial charge in [-0.3, -0.25) is 19.4 Å². The van der Waals surface area contributed by atoms with E-state index in [9.17, 15) is 9.18 Å². The second-order valence-corrected chi connectivity index (χ2v) is 4.78. The summed E-state index contributed by atoms with van der Waals surface area (Å²) in [4.78, 5) is 17.3. The zero-order valence-corrected chi connectivity index (χ0v) is 11.6. The number of hydrogen-bond donors (Lipinski definition) is 0. The Bertz CT molecular complexity index is 857. The first-order valence-corrected chi connectivity index (χ1v) is 6.38. The van der Waals surface area contributed by atoms with Crippen LogP contribution in [-0.2, 0) is 11.8 Å². The Morgan fingerprint density at radius 1 is 1.38 bits per heavy atom. The van der Waals surface area contributed by atoms with Crippen molar-refractivity contribution >= 4 is 17.4 Å². The van der Waals surface area contributed by atoms with E-state index in [1.54, 1.807) is 32.2 Å². The van der Waals surface area contributed by atoms with Gasteiger partial charge in [0.05, 0.1) is 17.0 Å². The van der Waals surface area contributed by atoms with Gasteiger partial charge in [-0.15, -0.1) is 0 Å². The van der Waals surface area contributed by atoms with Crippen LogP contribution < -0.4 is 4.90 Å². The second kappa shape index (κ2) is 4.80. The molecule has 108 valence electrons. The second-order valence-electron chi connectivity index (χ2n) is 4.78. The van der Waals surface area contributed by atoms with E-state index in [4.69, 9.17) is 4.11 Å². The Balaban J connectivity index is 2.31. The van der Waals surface area contributed by atoms with Crippen molar-refractivity contribution in [1.29, 1.82) is 0 Å². The Kier molecular flexibility index (Phi) is 2.35. The molecular weight excluding hydrogens is 271 g/mol. The first-order chi connectivity index (χ1) is 11.2. The molecule has 0 radical (unpaired) electrons. The highest BCUT2D eigenvalue weighted by molar-refractivity contribution is 6.19. The monoisotopic (exact) mass is 289 g/mol. The van der Waals surface area contributed by atoms with E-state index in [-0.39, 0.29) is 23.6 Å². The largest absolute Gasteiger partial charge is 0.298 e. The molecule has 0 bridgehead atoms. The average Bonchev–Trinajstić information content (AvgIpc) is 2.67. The molecule has 21 heavy (non-hydrogen) atoms. The molecule has 1 aromatic carbocycles. The van der Waals surface area contributed by atoms with Gasteiger partial charge in [0.25, 0.3) is 0 Å². The van der Waals surface area contributed by atoms with Crippen molar-refractivity contribution in [3.05, 3.63) is 46.9 Å². The number of rotatable bonds is 1. The lowest BCUT2D eigenvalue weighted by Gasteiger charge is -2.16. The zero-order valence-electron chi connectivity index (χ0n) is 14.6. The fourth-order valence-electron chi connectivity index (χ4n) is 2.47. The zero-order chi connectivity index (χ0) is 17.6. The molecule has 2 aromatic rings. The summed E-state index contributed by atoms with van der Waals surface area (Å²) in [5.74, 6) is -1.09. The average molecular weight is 289 g/mol. The van der Waals surface area contributed by atoms with Crippen LogP contribution >= 0.6 is 0 Å². The number of fused-ring (bicyclic) bond motifs is 1. The third-order valence-electron chi connectivity index (χ3n) is 3.39. The van der Waals surface area contributed by atoms with Crippen LogP contribution in [0, 0.1) is 12.7 Å². The smallest absolute Gasteiger partial charge is 0.249 e. The normalized spacial score (nSPS) is 17.5. The molecule has 0 saturated carbocycles. The lowest BCUT2D eigenvalue weighted by Crippen LogP contribution is -2.29. The first-order valence-electron chi connectivity index (χ1n) is 7.88. The fourth-order valence-corrected chi connectivity index (χ4v) is 2.47. The Morgan fingerprint density at radius 2 is 2.14 bits per heavy atom. The Hall–Kier alpha value is -2.50. The van der Waals surface area contributed by atoms with Gasteiger partial charge in [0, 0.05) is 23.7 Å². The number of likely N-dealkylation sites (N-methyl/N-ethyl adjacent to an activating group) is 1. The fraction of sp³-hybridized carbons (Fsp3) is 0.267. The van der Waals surface area contributed by atoms with Crippen LogP contribution in [0.15, 0.2) is 29.3 Å². The van der Waals surface area contributed by atoms with E-state index in [1.807, 2.05) is 0 Å². The number of aryl methyl sites for hydroxylation is 2. The highest BCUT2D eigenvalue weighted by Crippen LogP contribution is 2.28. The van der Waals surface area contributed by atoms with Gasteiger partial charge < -0.3 is 0 Å². The van der Waals surface area contributed by atoms with Crippen molar-refractivity contribution in [2.45, 2.75) is 6.92 Å². The van der Waals surface area contributed by atoms with E-state index >= 15 is 0 Å². The van der Waals surface area contributed by atoms with Crippen LogP contribution in [0.3, 0.4) is 0 Å². The van der Waals surface area contributed by atoms with Gasteiger partial charge in [-0.05, 0) is 19.1 Å². The summed E-state index contributed by atoms with van der Waals surface area (Å²) in [6.45, 7) is -1.40. The van der Waals surface area contributed by atoms with Crippen LogP contribution in [0.1, 0.15) is 20.9 Å². The number of carbonyl (C=O) groups excluding carboxylic acids is 1. The number of amides is 1. The molecule has 0 fully saturated rings. The SMILES string of the molecule is [2H]C([2H])([2H])N1C(=O)CN=C(c2ccccc2F)c2c(C)nn(C)c21. The van der Waals surface area contributed by atoms with Crippen molar-refractivity contribution in [1.82, 2.24) is 9.78 Å². The highest BCUT2D eigenvalue weighted by atomic mass is 19.1. The van der Waals surface area contributed by atoms with Gasteiger partial charge in [0.1, 0.15) is 18.2 Å². The van der Waals surface area contributed by atoms with Crippen molar-refractivity contribution in [2.75, 3.05) is 18.4 Å². The summed E-state index contributed by atoms with van der Waals surface area (Å²) in [6.07, 6.45) is 0. The summed E-state index contributed by atoms with van der Waals surface area (Å²) in [5.41, 5.74) is 1.26. The minimum atomic E-state index is -2.69. The predicted molar refractivity (Wildman–Crippen MR) is 78.3 cm³/mol. The van der Waals surface area contributed by atoms with Crippen molar-refractivity contribution in [3.63, 3.8) is 0 Å². The van der Waals surface area contributed by atoms with Gasteiger partial charge in [0.15, 0.2) is 0 Å². The summed E-state index contributed by atoms with van der Waals surface area (Å²) in [5, 5.41) is 4.21. The summed E-state index contributed by atoms with van der Waals surface area (Å²) in [7, 11) is 1.54. The van der Waals surface area contributed by atoms with Gasteiger partial charge in [0.2, 0.25) is 5.91 Å². The quantitative estimate of drug-likeness (QED) is 0.802. The number of hydrogen-bond acceptors (Lipinski definition) is 3. The number of aliphatic imine (C=N–C) groups is 1. The predicted octanol–water partition coefficient (Wildman–Crippen LogP) is 1.68. The van der Waals surface area contributed by atoms with Crippen LogP contribution in [-0.4, -0.2) is 34.9 Å². The molecule has 0 saturated heterocycles. The summed E-state index contributed by atoms with van der Waals surface area (Å²) >= 11 is 0. The topological polar surface area (TPSA) is 50.5 Å². The van der Waals surface area contributed by atoms with Gasteiger partial charge in [-0.2, -0.15) is 5.10 Å². The third kappa shape index (κ3) is 2.03. The number of halogens is 1. The summed E-state index contributed by atoms with van der Waals surface area (Å²) < 4.78 is 38.6. The van der Waals surface area contributed by atoms with E-state index in [1.165, 1.54) is 10.7 Å². The van der Waals surface area contributed by atoms with E-state index in [2.05, 4.69) is 10.1 Å². The first kappa shape index (κ1) is 10.3. The maximum Gasteiger partial charge on any atom is 0.249 e. The van der Waals surface area contributed by atoms with E-state index in [0.717, 1.165) is 0 Å². The maximum atomic E-state index is 14.2. The number of anilines is 1. The Labute approximate surface area is 125 Å². The van der Waals surface area contributed by atoms with Crippen molar-refractivity contribution in [3.8, 4) is 0 Å². The molecule has 6 heteroatoms. The molecule has 1 aromatic heterocycles. The molecule has 5 nitrogen and oxygen atoms in total. The molecule has 1 amide bonds. The molecule has 1 aliphatic heterocycles. The molecule has 0 N–H and O–H groups in total. The third-order valence-corrected chi connectivity index (χ3v) is 3.39. The molecule has 2 heterocycles. The van der Waals surface area contributed by atoms with Crippen molar-refractivity contribution < 1.29 is 13.3 Å². The lowest BCUT2D eigenvalue weighted by atomic mass is 10.0. The van der Waals surface area contributed by atoms with Crippen LogP contribution in [0.4, 0.5) is 10.2 Å². The minimum Gasteiger partial charge on any atom is -0.298 e. The molecule has 3 rings (SSSR count). The van der Waals surface area contributed by atoms with Crippen molar-refractivity contribution in [2.24, 2.45) is 12.0 Å². The number of aromatic nitrogens is 2. The van der Waals surface area contributed by atoms with Crippen LogP contribution in [0.2, 0.25) is 0 Å². The van der Waals surface area contributed by atoms with Gasteiger partial charge in [-0.25, -0.2) is 4.39 Å². The van der Waals surface area contributed by atoms with E-state index < -0.39 is 18.7 Å². The Morgan fingerprint density at radius 3 is 2.86 bits per heavy atom. The molecule has 0 unspecified atom stereocenters. The maximum absolute atomic E-state index is 14.2. The minimum absolute atomic E-state index is 0.0944. The number of benzene rings is 1. The lowest BCUT2D eigenvalue weighted by molar-refractivity contribution is -0.117. The highest BCUT2D eigenvalue weighted by Gasteiger charge is 2.29. The van der Waals surface area contributed by atoms with Crippen LogP contribution in [0.25, 0.3) is 0 Å². The molecule has 1 aliphatic rings. The molecule has 0 atom stereocenters. The van der Waals surface area contributed by atoms with Gasteiger partial charge >= 0.3 is 0 Å². The molecule has 0 spiro atoms. The summed E-state index contributed by atoms with van der Waals surface area (Å²) in [6, 6.07) is 6.03. The standard InChI is InChI=1S/C15H15FN4O/c1-9-13-14(10-6-4-5-7-11(10)16)17-8-12(21)19(2)15(13)20(3)18-9/h4-7H,8H2,1-3H3/i2D3. The number of nitrogens with zero attached hydrogens (tertiary/aromatic N) is 4. The van der Waals surface area contributed by atoms with Gasteiger partial charge in [-0.1, -0.05) is 12.1 Å². The van der Waals surface area contributed by atoms with E-state index in [0.29, 0.717) is 16.2 Å². The molecule has 0 aliphatic carbocycles. The van der Waals surface area contributed by atoms with Crippen LogP contribution in [0.5, 0.6) is 0 Å².